The average Bonchev–Trinajstić information content (AvgIpc) is 3.39. The maximum absolute atomic E-state index is 13.1. The number of nitrogens with zero attached hydrogens (tertiary/aromatic N) is 2. The summed E-state index contributed by atoms with van der Waals surface area (Å²) < 4.78 is 39.8. The van der Waals surface area contributed by atoms with Crippen LogP contribution in [0.2, 0.25) is 0 Å². The largest absolute Gasteiger partial charge is 0.379 e. The maximum Gasteiger partial charge on any atom is 0.248 e. The number of carbonyl (C=O) groups is 4. The van der Waals surface area contributed by atoms with Gasteiger partial charge in [-0.2, -0.15) is 0 Å². The molecule has 1 aliphatic rings. The summed E-state index contributed by atoms with van der Waals surface area (Å²) in [7, 11) is 0. The number of hydrogen-bond acceptors (Lipinski definition) is 11. The maximum atomic E-state index is 13.1. The van der Waals surface area contributed by atoms with Gasteiger partial charge in [-0.3, -0.25) is 19.2 Å². The molecule has 15 nitrogen and oxygen atoms in total. The van der Waals surface area contributed by atoms with Crippen molar-refractivity contribution in [2.24, 2.45) is 0 Å². The molecule has 0 saturated carbocycles. The molecule has 1 saturated heterocycles. The number of carbonyl (C=O) groups excluding carboxylic acids is 4. The quantitative estimate of drug-likeness (QED) is 0.0559. The lowest BCUT2D eigenvalue weighted by molar-refractivity contribution is -0.141. The molecule has 0 atom stereocenters. The Balaban J connectivity index is 2.23. The normalized spacial score (nSPS) is 15.3. The van der Waals surface area contributed by atoms with Crippen molar-refractivity contribution in [2.45, 2.75) is 226 Å². The van der Waals surface area contributed by atoms with E-state index in [1.54, 1.807) is 9.80 Å². The van der Waals surface area contributed by atoms with Gasteiger partial charge in [0.1, 0.15) is 26.4 Å². The molecule has 436 valence electrons. The van der Waals surface area contributed by atoms with Crippen LogP contribution in [0, 0.1) is 0 Å². The van der Waals surface area contributed by atoms with Gasteiger partial charge in [-0.1, -0.05) is 206 Å². The van der Waals surface area contributed by atoms with Crippen LogP contribution in [0.25, 0.3) is 0 Å². The second kappa shape index (κ2) is 56.8. The van der Waals surface area contributed by atoms with E-state index in [2.05, 4.69) is 24.5 Å². The zero-order chi connectivity index (χ0) is 53.3. The van der Waals surface area contributed by atoms with Crippen LogP contribution in [-0.2, 0) is 52.3 Å². The minimum Gasteiger partial charge on any atom is -0.379 e. The molecule has 0 spiro atoms. The first-order valence-electron chi connectivity index (χ1n) is 30.6. The van der Waals surface area contributed by atoms with Gasteiger partial charge in [0.15, 0.2) is 0 Å². The monoisotopic (exact) mass is 1050 g/mol. The molecule has 1 heterocycles. The third-order valence-corrected chi connectivity index (χ3v) is 13.7. The van der Waals surface area contributed by atoms with E-state index in [1.807, 2.05) is 0 Å². The molecule has 15 heteroatoms. The summed E-state index contributed by atoms with van der Waals surface area (Å²) in [5.41, 5.74) is 0. The Bertz CT molecular complexity index is 1160. The summed E-state index contributed by atoms with van der Waals surface area (Å²) in [5.74, 6) is -0.891. The predicted octanol–water partition coefficient (Wildman–Crippen LogP) is 10.9. The molecule has 1 fully saturated rings. The standard InChI is InChI=1S/C59H114N4O11/c1-3-5-7-9-11-13-15-17-19-21-23-25-27-29-31-33-36-60-56(64)52-73-54-58(66)62-38-35-42-68-46-50-72-51-49-71-45-41-63(40-44-70-48-47-69-43-39-62)59(67)55-74-53-57(65)61-37-34-32-30-28-26-24-22-20-18-16-14-12-10-8-6-4-2/h3-55H2,1-2H3,(H,60,64)(H,61,65). The molecule has 0 bridgehead atoms. The molecule has 1 aliphatic heterocycles. The summed E-state index contributed by atoms with van der Waals surface area (Å²) in [6, 6.07) is 0. The highest BCUT2D eigenvalue weighted by Crippen LogP contribution is 2.15. The molecular formula is C59H114N4O11. The molecule has 2 N–H and O–H groups in total. The molecule has 0 unspecified atom stereocenters. The van der Waals surface area contributed by atoms with Gasteiger partial charge in [0, 0.05) is 45.9 Å². The number of amides is 4. The van der Waals surface area contributed by atoms with Crippen LogP contribution in [0.5, 0.6) is 0 Å². The molecule has 0 radical (unpaired) electrons. The Morgan fingerprint density at radius 3 is 0.892 bits per heavy atom. The van der Waals surface area contributed by atoms with Gasteiger partial charge in [-0.15, -0.1) is 0 Å². The van der Waals surface area contributed by atoms with E-state index >= 15 is 0 Å². The van der Waals surface area contributed by atoms with Crippen molar-refractivity contribution in [2.75, 3.05) is 132 Å². The van der Waals surface area contributed by atoms with Gasteiger partial charge < -0.3 is 53.6 Å². The lowest BCUT2D eigenvalue weighted by Gasteiger charge is -2.23. The Morgan fingerprint density at radius 1 is 0.324 bits per heavy atom. The zero-order valence-corrected chi connectivity index (χ0v) is 47.9. The van der Waals surface area contributed by atoms with Crippen molar-refractivity contribution in [1.29, 1.82) is 0 Å². The van der Waals surface area contributed by atoms with Crippen molar-refractivity contribution < 1.29 is 52.3 Å². The first-order valence-corrected chi connectivity index (χ1v) is 30.6. The van der Waals surface area contributed by atoms with Crippen LogP contribution in [0.4, 0.5) is 0 Å². The molecule has 4 amide bonds. The molecular weight excluding hydrogens is 941 g/mol. The van der Waals surface area contributed by atoms with E-state index in [0.29, 0.717) is 105 Å². The van der Waals surface area contributed by atoms with Crippen LogP contribution < -0.4 is 10.6 Å². The molecule has 74 heavy (non-hydrogen) atoms. The van der Waals surface area contributed by atoms with Gasteiger partial charge in [-0.25, -0.2) is 0 Å². The average molecular weight is 1060 g/mol. The topological polar surface area (TPSA) is 163 Å². The first-order chi connectivity index (χ1) is 36.5. The van der Waals surface area contributed by atoms with Crippen LogP contribution >= 0.6 is 0 Å². The minimum atomic E-state index is -0.248. The Hall–Kier alpha value is -2.40. The number of rotatable bonds is 42. The highest BCUT2D eigenvalue weighted by atomic mass is 16.5. The minimum absolute atomic E-state index is 0.159. The molecule has 0 aliphatic carbocycles. The number of ether oxygens (including phenoxy) is 7. The van der Waals surface area contributed by atoms with Gasteiger partial charge >= 0.3 is 0 Å². The Morgan fingerprint density at radius 2 is 0.581 bits per heavy atom. The second-order valence-corrected chi connectivity index (χ2v) is 20.5. The highest BCUT2D eigenvalue weighted by molar-refractivity contribution is 5.80. The lowest BCUT2D eigenvalue weighted by atomic mass is 10.0. The number of hydrogen-bond donors (Lipinski definition) is 2. The van der Waals surface area contributed by atoms with Gasteiger partial charge in [0.2, 0.25) is 23.6 Å². The second-order valence-electron chi connectivity index (χ2n) is 20.5. The highest BCUT2D eigenvalue weighted by Gasteiger charge is 2.17. The van der Waals surface area contributed by atoms with Crippen molar-refractivity contribution in [3.8, 4) is 0 Å². The van der Waals surface area contributed by atoms with Crippen LogP contribution in [0.3, 0.4) is 0 Å². The van der Waals surface area contributed by atoms with E-state index in [9.17, 15) is 19.2 Å². The number of nitrogens with one attached hydrogen (secondary N) is 2. The predicted molar refractivity (Wildman–Crippen MR) is 299 cm³/mol. The fourth-order valence-electron chi connectivity index (χ4n) is 9.02. The molecule has 0 aromatic carbocycles. The van der Waals surface area contributed by atoms with Crippen molar-refractivity contribution in [1.82, 2.24) is 20.4 Å². The lowest BCUT2D eigenvalue weighted by Crippen LogP contribution is -2.40. The van der Waals surface area contributed by atoms with Gasteiger partial charge in [0.25, 0.3) is 0 Å². The number of unbranched alkanes of at least 4 members (excludes halogenated alkanes) is 30. The summed E-state index contributed by atoms with van der Waals surface area (Å²) in [4.78, 5) is 54.4. The molecule has 0 aromatic heterocycles. The Kier molecular flexibility index (Phi) is 53.4. The van der Waals surface area contributed by atoms with Crippen LogP contribution in [0.15, 0.2) is 0 Å². The molecule has 1 rings (SSSR count). The third-order valence-electron chi connectivity index (χ3n) is 13.7. The summed E-state index contributed by atoms with van der Waals surface area (Å²) in [6.45, 7) is 10.1. The molecule has 0 aromatic rings. The van der Waals surface area contributed by atoms with E-state index in [4.69, 9.17) is 33.2 Å². The third kappa shape index (κ3) is 49.2. The van der Waals surface area contributed by atoms with Crippen LogP contribution in [-0.4, -0.2) is 165 Å². The van der Waals surface area contributed by atoms with E-state index < -0.39 is 0 Å². The summed E-state index contributed by atoms with van der Waals surface area (Å²) in [6.07, 6.45) is 42.5. The van der Waals surface area contributed by atoms with Gasteiger partial charge in [-0.05, 0) is 19.3 Å². The van der Waals surface area contributed by atoms with Crippen molar-refractivity contribution in [3.05, 3.63) is 0 Å². The van der Waals surface area contributed by atoms with E-state index in [0.717, 1.165) is 25.7 Å². The fourth-order valence-corrected chi connectivity index (χ4v) is 9.02. The van der Waals surface area contributed by atoms with Gasteiger partial charge in [0.05, 0.1) is 59.5 Å². The van der Waals surface area contributed by atoms with Crippen LogP contribution in [0.1, 0.15) is 226 Å². The zero-order valence-electron chi connectivity index (χ0n) is 47.9. The smallest absolute Gasteiger partial charge is 0.248 e. The summed E-state index contributed by atoms with van der Waals surface area (Å²) in [5, 5.41) is 5.84. The SMILES string of the molecule is CCCCCCCCCCCCCCCCCCNC(=O)COCC(=O)N1CCCOCCOCCOCCN(C(=O)COCC(=O)NCCCCCCCCCCCCCCCCCC)CCOCCOCC1. The Labute approximate surface area is 452 Å². The fraction of sp³-hybridized carbons (Fsp3) is 0.932. The van der Waals surface area contributed by atoms with Crippen molar-refractivity contribution in [3.63, 3.8) is 0 Å². The van der Waals surface area contributed by atoms with E-state index in [1.165, 1.54) is 180 Å². The van der Waals surface area contributed by atoms with E-state index in [-0.39, 0.29) is 56.7 Å². The van der Waals surface area contributed by atoms with Crippen molar-refractivity contribution >= 4 is 23.6 Å². The summed E-state index contributed by atoms with van der Waals surface area (Å²) >= 11 is 0. The first kappa shape index (κ1) is 69.6.